The molecule has 0 unspecified atom stereocenters. The number of carbonyl (C=O) groups is 1. The lowest BCUT2D eigenvalue weighted by molar-refractivity contribution is -0.116. The van der Waals surface area contributed by atoms with Crippen LogP contribution in [0.3, 0.4) is 0 Å². The predicted octanol–water partition coefficient (Wildman–Crippen LogP) is 4.08. The number of halogens is 1. The van der Waals surface area contributed by atoms with Crippen LogP contribution < -0.4 is 10.1 Å². The third kappa shape index (κ3) is 6.55. The van der Waals surface area contributed by atoms with Crippen molar-refractivity contribution >= 4 is 11.6 Å². The molecule has 0 aliphatic rings. The Balaban J connectivity index is 1.81. The van der Waals surface area contributed by atoms with Crippen LogP contribution in [0.25, 0.3) is 0 Å². The van der Waals surface area contributed by atoms with Gasteiger partial charge in [-0.2, -0.15) is 0 Å². The van der Waals surface area contributed by atoms with Crippen LogP contribution in [0.4, 0.5) is 10.1 Å². The summed E-state index contributed by atoms with van der Waals surface area (Å²) in [5.74, 6) is -0.0580. The highest BCUT2D eigenvalue weighted by atomic mass is 19.1. The van der Waals surface area contributed by atoms with Gasteiger partial charge in [0.15, 0.2) is 0 Å². The van der Waals surface area contributed by atoms with Crippen LogP contribution in [0.1, 0.15) is 25.8 Å². The largest absolute Gasteiger partial charge is 0.493 e. The van der Waals surface area contributed by atoms with Gasteiger partial charge < -0.3 is 10.1 Å². The van der Waals surface area contributed by atoms with Crippen LogP contribution >= 0.6 is 0 Å². The summed E-state index contributed by atoms with van der Waals surface area (Å²) in [6.07, 6.45) is 0.205. The minimum absolute atomic E-state index is 0.128. The molecule has 25 heavy (non-hydrogen) atoms. The van der Waals surface area contributed by atoms with Crippen molar-refractivity contribution in [1.82, 2.24) is 4.90 Å². The Morgan fingerprint density at radius 3 is 2.60 bits per heavy atom. The predicted molar refractivity (Wildman–Crippen MR) is 98.2 cm³/mol. The average molecular weight is 344 g/mol. The zero-order valence-corrected chi connectivity index (χ0v) is 14.8. The lowest BCUT2D eigenvalue weighted by atomic mass is 10.2. The highest BCUT2D eigenvalue weighted by Gasteiger charge is 2.06. The third-order valence-corrected chi connectivity index (χ3v) is 3.91. The van der Waals surface area contributed by atoms with E-state index in [-0.39, 0.29) is 24.8 Å². The molecule has 0 aliphatic heterocycles. The number of nitrogens with one attached hydrogen (secondary N) is 1. The van der Waals surface area contributed by atoms with Gasteiger partial charge in [-0.1, -0.05) is 32.0 Å². The molecular weight excluding hydrogens is 319 g/mol. The Labute approximate surface area is 148 Å². The zero-order valence-electron chi connectivity index (χ0n) is 14.8. The number of hydrogen-bond acceptors (Lipinski definition) is 3. The van der Waals surface area contributed by atoms with Crippen molar-refractivity contribution in [1.29, 1.82) is 0 Å². The summed E-state index contributed by atoms with van der Waals surface area (Å²) >= 11 is 0. The SMILES string of the molecule is CCN(CC)Cc1cccc(NC(=O)CCOc2cccc(F)c2)c1. The lowest BCUT2D eigenvalue weighted by Crippen LogP contribution is -2.22. The number of rotatable bonds is 9. The second kappa shape index (κ2) is 9.79. The first-order valence-corrected chi connectivity index (χ1v) is 8.60. The summed E-state index contributed by atoms with van der Waals surface area (Å²) in [6, 6.07) is 13.8. The molecule has 1 N–H and O–H groups in total. The van der Waals surface area contributed by atoms with Crippen molar-refractivity contribution in [3.05, 3.63) is 59.9 Å². The first-order valence-electron chi connectivity index (χ1n) is 8.60. The molecule has 0 atom stereocenters. The summed E-state index contributed by atoms with van der Waals surface area (Å²) in [5, 5.41) is 2.88. The molecule has 2 aromatic rings. The van der Waals surface area contributed by atoms with Crippen molar-refractivity contribution in [3.63, 3.8) is 0 Å². The highest BCUT2D eigenvalue weighted by Crippen LogP contribution is 2.14. The van der Waals surface area contributed by atoms with Crippen molar-refractivity contribution in [3.8, 4) is 5.75 Å². The second-order valence-corrected chi connectivity index (χ2v) is 5.77. The van der Waals surface area contributed by atoms with Gasteiger partial charge in [0.2, 0.25) is 5.91 Å². The lowest BCUT2D eigenvalue weighted by Gasteiger charge is -2.18. The molecule has 0 aromatic heterocycles. The van der Waals surface area contributed by atoms with Gasteiger partial charge in [-0.3, -0.25) is 9.69 Å². The molecule has 2 aromatic carbocycles. The molecule has 1 amide bonds. The van der Waals surface area contributed by atoms with Crippen LogP contribution in [-0.2, 0) is 11.3 Å². The molecule has 2 rings (SSSR count). The molecule has 134 valence electrons. The number of hydrogen-bond donors (Lipinski definition) is 1. The maximum Gasteiger partial charge on any atom is 0.227 e. The van der Waals surface area contributed by atoms with Gasteiger partial charge in [0.25, 0.3) is 0 Å². The summed E-state index contributed by atoms with van der Waals surface area (Å²) in [7, 11) is 0. The Kier molecular flexibility index (Phi) is 7.41. The number of ether oxygens (including phenoxy) is 1. The van der Waals surface area contributed by atoms with Crippen LogP contribution in [0.2, 0.25) is 0 Å². The van der Waals surface area contributed by atoms with Gasteiger partial charge in [-0.25, -0.2) is 4.39 Å². The van der Waals surface area contributed by atoms with Gasteiger partial charge in [0.1, 0.15) is 11.6 Å². The van der Waals surface area contributed by atoms with Crippen molar-refractivity contribution in [2.24, 2.45) is 0 Å². The number of anilines is 1. The summed E-state index contributed by atoms with van der Waals surface area (Å²) < 4.78 is 18.5. The van der Waals surface area contributed by atoms with Crippen LogP contribution in [0, 0.1) is 5.82 Å². The fourth-order valence-corrected chi connectivity index (χ4v) is 2.49. The second-order valence-electron chi connectivity index (χ2n) is 5.77. The number of benzene rings is 2. The Hall–Kier alpha value is -2.40. The molecule has 0 fully saturated rings. The number of carbonyl (C=O) groups excluding carboxylic acids is 1. The molecular formula is C20H25FN2O2. The molecule has 0 radical (unpaired) electrons. The van der Waals surface area contributed by atoms with E-state index in [0.29, 0.717) is 5.75 Å². The van der Waals surface area contributed by atoms with Gasteiger partial charge >= 0.3 is 0 Å². The quantitative estimate of drug-likeness (QED) is 0.745. The van der Waals surface area contributed by atoms with Crippen molar-refractivity contribution in [2.75, 3.05) is 25.0 Å². The van der Waals surface area contributed by atoms with Crippen LogP contribution in [-0.4, -0.2) is 30.5 Å². The Morgan fingerprint density at radius 1 is 1.12 bits per heavy atom. The highest BCUT2D eigenvalue weighted by molar-refractivity contribution is 5.90. The molecule has 0 aliphatic carbocycles. The van der Waals surface area contributed by atoms with E-state index in [0.717, 1.165) is 30.9 Å². The maximum absolute atomic E-state index is 13.1. The monoisotopic (exact) mass is 344 g/mol. The van der Waals surface area contributed by atoms with Gasteiger partial charge in [0, 0.05) is 18.3 Å². The van der Waals surface area contributed by atoms with E-state index in [2.05, 4.69) is 30.1 Å². The zero-order chi connectivity index (χ0) is 18.1. The summed E-state index contributed by atoms with van der Waals surface area (Å²) in [5.41, 5.74) is 1.94. The Morgan fingerprint density at radius 2 is 1.88 bits per heavy atom. The first-order chi connectivity index (χ1) is 12.1. The van der Waals surface area contributed by atoms with Crippen molar-refractivity contribution in [2.45, 2.75) is 26.8 Å². The molecule has 0 spiro atoms. The Bertz CT molecular complexity index is 687. The summed E-state index contributed by atoms with van der Waals surface area (Å²) in [4.78, 5) is 14.4. The van der Waals surface area contributed by atoms with E-state index in [4.69, 9.17) is 4.74 Å². The molecule has 0 saturated heterocycles. The van der Waals surface area contributed by atoms with E-state index in [1.165, 1.54) is 12.1 Å². The molecule has 0 bridgehead atoms. The third-order valence-electron chi connectivity index (χ3n) is 3.91. The van der Waals surface area contributed by atoms with E-state index < -0.39 is 0 Å². The fourth-order valence-electron chi connectivity index (χ4n) is 2.49. The standard InChI is InChI=1S/C20H25FN2O2/c1-3-23(4-2)15-16-7-5-9-18(13-16)22-20(24)11-12-25-19-10-6-8-17(21)14-19/h5-10,13-14H,3-4,11-12,15H2,1-2H3,(H,22,24). The van der Waals surface area contributed by atoms with Gasteiger partial charge in [-0.15, -0.1) is 0 Å². The maximum atomic E-state index is 13.1. The van der Waals surface area contributed by atoms with E-state index in [9.17, 15) is 9.18 Å². The first kappa shape index (κ1) is 18.9. The van der Waals surface area contributed by atoms with Gasteiger partial charge in [0.05, 0.1) is 13.0 Å². The smallest absolute Gasteiger partial charge is 0.227 e. The fraction of sp³-hybridized carbons (Fsp3) is 0.350. The van der Waals surface area contributed by atoms with E-state index >= 15 is 0 Å². The normalized spacial score (nSPS) is 10.7. The minimum atomic E-state index is -0.355. The van der Waals surface area contributed by atoms with Crippen LogP contribution in [0.5, 0.6) is 5.75 Å². The average Bonchev–Trinajstić information content (AvgIpc) is 2.60. The van der Waals surface area contributed by atoms with E-state index in [1.54, 1.807) is 12.1 Å². The topological polar surface area (TPSA) is 41.6 Å². The molecule has 5 heteroatoms. The van der Waals surface area contributed by atoms with Crippen molar-refractivity contribution < 1.29 is 13.9 Å². The number of amides is 1. The number of nitrogens with zero attached hydrogens (tertiary/aromatic N) is 1. The van der Waals surface area contributed by atoms with Gasteiger partial charge in [-0.05, 0) is 42.9 Å². The van der Waals surface area contributed by atoms with E-state index in [1.807, 2.05) is 18.2 Å². The van der Waals surface area contributed by atoms with Crippen LogP contribution in [0.15, 0.2) is 48.5 Å². The molecule has 4 nitrogen and oxygen atoms in total. The summed E-state index contributed by atoms with van der Waals surface area (Å²) in [6.45, 7) is 7.31. The molecule has 0 heterocycles. The minimum Gasteiger partial charge on any atom is -0.493 e. The molecule has 0 saturated carbocycles.